The zero-order valence-corrected chi connectivity index (χ0v) is 19.0. The number of benzene rings is 3. The maximum absolute atomic E-state index is 14.5. The number of hydrogen-bond acceptors (Lipinski definition) is 3. The second-order valence-corrected chi connectivity index (χ2v) is 8.17. The van der Waals surface area contributed by atoms with E-state index in [0.717, 1.165) is 19.1 Å². The summed E-state index contributed by atoms with van der Waals surface area (Å²) in [5.74, 6) is -8.95. The third-order valence-electron chi connectivity index (χ3n) is 5.67. The third kappa shape index (κ3) is 5.78. The van der Waals surface area contributed by atoms with Gasteiger partial charge < -0.3 is 14.2 Å². The number of hydrogen-bond donors (Lipinski definition) is 0. The van der Waals surface area contributed by atoms with Gasteiger partial charge in [-0.3, -0.25) is 0 Å². The molecule has 0 aliphatic carbocycles. The van der Waals surface area contributed by atoms with Crippen molar-refractivity contribution in [1.29, 1.82) is 0 Å². The van der Waals surface area contributed by atoms with Crippen LogP contribution in [0.3, 0.4) is 0 Å². The number of alkyl halides is 2. The van der Waals surface area contributed by atoms with Gasteiger partial charge in [0.2, 0.25) is 0 Å². The van der Waals surface area contributed by atoms with Crippen LogP contribution in [0.5, 0.6) is 5.75 Å². The van der Waals surface area contributed by atoms with E-state index in [1.165, 1.54) is 12.1 Å². The summed E-state index contributed by atoms with van der Waals surface area (Å²) in [4.78, 5) is 0. The van der Waals surface area contributed by atoms with E-state index in [4.69, 9.17) is 9.47 Å². The summed E-state index contributed by atoms with van der Waals surface area (Å²) in [6, 6.07) is 8.95. The summed E-state index contributed by atoms with van der Waals surface area (Å²) in [7, 11) is 0. The van der Waals surface area contributed by atoms with E-state index in [0.29, 0.717) is 17.7 Å². The first kappa shape index (κ1) is 26.6. The van der Waals surface area contributed by atoms with Crippen molar-refractivity contribution in [1.82, 2.24) is 0 Å². The van der Waals surface area contributed by atoms with Gasteiger partial charge in [0.25, 0.3) is 0 Å². The van der Waals surface area contributed by atoms with Gasteiger partial charge in [0.1, 0.15) is 17.5 Å². The van der Waals surface area contributed by atoms with Crippen molar-refractivity contribution in [3.63, 3.8) is 0 Å². The molecule has 3 aromatic carbocycles. The Kier molecular flexibility index (Phi) is 7.84. The molecule has 1 saturated heterocycles. The van der Waals surface area contributed by atoms with Gasteiger partial charge in [-0.15, -0.1) is 0 Å². The maximum atomic E-state index is 14.5. The van der Waals surface area contributed by atoms with Crippen molar-refractivity contribution in [2.45, 2.75) is 25.7 Å². The highest BCUT2D eigenvalue weighted by molar-refractivity contribution is 5.70. The van der Waals surface area contributed by atoms with Crippen LogP contribution < -0.4 is 4.74 Å². The molecule has 3 nitrogen and oxygen atoms in total. The fourth-order valence-corrected chi connectivity index (χ4v) is 3.90. The van der Waals surface area contributed by atoms with Gasteiger partial charge in [0, 0.05) is 17.0 Å². The summed E-state index contributed by atoms with van der Waals surface area (Å²) in [5, 5.41) is 0. The second kappa shape index (κ2) is 10.9. The number of rotatable bonds is 6. The molecule has 37 heavy (non-hydrogen) atoms. The highest BCUT2D eigenvalue weighted by Crippen LogP contribution is 2.35. The predicted molar refractivity (Wildman–Crippen MR) is 117 cm³/mol. The van der Waals surface area contributed by atoms with Crippen molar-refractivity contribution in [2.75, 3.05) is 13.2 Å². The van der Waals surface area contributed by atoms with Gasteiger partial charge in [0.05, 0.1) is 18.8 Å². The molecule has 0 amide bonds. The molecule has 0 saturated carbocycles. The summed E-state index contributed by atoms with van der Waals surface area (Å²) in [6.07, 6.45) is -1.16. The molecule has 1 aliphatic heterocycles. The van der Waals surface area contributed by atoms with Crippen LogP contribution in [0, 0.1) is 23.3 Å². The Labute approximate surface area is 205 Å². The van der Waals surface area contributed by atoms with E-state index < -0.39 is 64.7 Å². The van der Waals surface area contributed by atoms with Gasteiger partial charge in [-0.1, -0.05) is 24.3 Å². The van der Waals surface area contributed by atoms with Crippen LogP contribution in [0.25, 0.3) is 17.0 Å². The standard InChI is InChI=1S/C26H18F8O3/c1-12(27)23(32)15-6-18(28)22(19(29)7-15)14-4-2-13(3-5-14)17-10-35-25(36-11-17)16-8-20(30)24(21(31)9-16)37-26(33)34/h2-9,17,25-26H,10-11H2,1H3/b23-12+. The fourth-order valence-electron chi connectivity index (χ4n) is 3.90. The molecule has 196 valence electrons. The Bertz CT molecular complexity index is 1270. The normalized spacial score (nSPS) is 18.6. The average molecular weight is 530 g/mol. The van der Waals surface area contributed by atoms with Crippen LogP contribution in [-0.4, -0.2) is 19.8 Å². The monoisotopic (exact) mass is 530 g/mol. The number of halogens is 8. The molecule has 1 aliphatic rings. The first-order valence-corrected chi connectivity index (χ1v) is 10.8. The average Bonchev–Trinajstić information content (AvgIpc) is 2.85. The second-order valence-electron chi connectivity index (χ2n) is 8.17. The summed E-state index contributed by atoms with van der Waals surface area (Å²) < 4.78 is 123. The van der Waals surface area contributed by atoms with Crippen molar-refractivity contribution >= 4 is 5.83 Å². The smallest absolute Gasteiger partial charge is 0.387 e. The first-order chi connectivity index (χ1) is 17.5. The Morgan fingerprint density at radius 1 is 0.811 bits per heavy atom. The summed E-state index contributed by atoms with van der Waals surface area (Å²) in [5.41, 5.74) is -0.232. The Morgan fingerprint density at radius 3 is 1.84 bits per heavy atom. The molecule has 0 unspecified atom stereocenters. The maximum Gasteiger partial charge on any atom is 0.387 e. The minimum Gasteiger partial charge on any atom is -0.429 e. The molecular weight excluding hydrogens is 512 g/mol. The predicted octanol–water partition coefficient (Wildman–Crippen LogP) is 7.97. The van der Waals surface area contributed by atoms with Gasteiger partial charge in [-0.05, 0) is 42.3 Å². The van der Waals surface area contributed by atoms with E-state index in [-0.39, 0.29) is 30.3 Å². The van der Waals surface area contributed by atoms with Gasteiger partial charge >= 0.3 is 6.61 Å². The lowest BCUT2D eigenvalue weighted by molar-refractivity contribution is -0.192. The van der Waals surface area contributed by atoms with Crippen LogP contribution in [-0.2, 0) is 9.47 Å². The molecule has 1 heterocycles. The number of ether oxygens (including phenoxy) is 3. The van der Waals surface area contributed by atoms with E-state index in [1.807, 2.05) is 0 Å². The Hall–Kier alpha value is -3.44. The lowest BCUT2D eigenvalue weighted by atomic mass is 9.95. The van der Waals surface area contributed by atoms with E-state index >= 15 is 0 Å². The zero-order valence-electron chi connectivity index (χ0n) is 19.0. The topological polar surface area (TPSA) is 27.7 Å². The van der Waals surface area contributed by atoms with Crippen molar-refractivity contribution < 1.29 is 49.3 Å². The molecule has 0 N–H and O–H groups in total. The molecular formula is C26H18F8O3. The third-order valence-corrected chi connectivity index (χ3v) is 5.67. The molecule has 0 radical (unpaired) electrons. The first-order valence-electron chi connectivity index (χ1n) is 10.8. The summed E-state index contributed by atoms with van der Waals surface area (Å²) >= 11 is 0. The van der Waals surface area contributed by atoms with E-state index in [2.05, 4.69) is 4.74 Å². The lowest BCUT2D eigenvalue weighted by Gasteiger charge is -2.30. The van der Waals surface area contributed by atoms with Crippen molar-refractivity contribution in [3.8, 4) is 16.9 Å². The highest BCUT2D eigenvalue weighted by atomic mass is 19.3. The molecule has 0 atom stereocenters. The minimum atomic E-state index is -3.40. The molecule has 4 rings (SSSR count). The molecule has 0 bridgehead atoms. The SMILES string of the molecule is C/C(F)=C(\F)c1cc(F)c(-c2ccc(C3COC(c4cc(F)c(OC(F)F)c(F)c4)OC3)cc2)c(F)c1. The van der Waals surface area contributed by atoms with Crippen LogP contribution in [0.2, 0.25) is 0 Å². The Morgan fingerprint density at radius 2 is 1.35 bits per heavy atom. The molecule has 3 aromatic rings. The summed E-state index contributed by atoms with van der Waals surface area (Å²) in [6.45, 7) is -2.47. The fraction of sp³-hybridized carbons (Fsp3) is 0.231. The molecule has 0 spiro atoms. The number of allylic oxidation sites excluding steroid dienone is 1. The van der Waals surface area contributed by atoms with E-state index in [9.17, 15) is 35.1 Å². The quantitative estimate of drug-likeness (QED) is 0.303. The zero-order chi connectivity index (χ0) is 26.9. The van der Waals surface area contributed by atoms with Crippen molar-refractivity contribution in [3.05, 3.63) is 94.3 Å². The largest absolute Gasteiger partial charge is 0.429 e. The highest BCUT2D eigenvalue weighted by Gasteiger charge is 2.28. The van der Waals surface area contributed by atoms with E-state index in [1.54, 1.807) is 12.1 Å². The van der Waals surface area contributed by atoms with Crippen molar-refractivity contribution in [2.24, 2.45) is 0 Å². The lowest BCUT2D eigenvalue weighted by Crippen LogP contribution is -2.26. The molecule has 1 fully saturated rings. The van der Waals surface area contributed by atoms with Gasteiger partial charge in [-0.2, -0.15) is 8.78 Å². The van der Waals surface area contributed by atoms with Gasteiger partial charge in [-0.25, -0.2) is 26.3 Å². The molecule has 0 aromatic heterocycles. The van der Waals surface area contributed by atoms with Gasteiger partial charge in [0.15, 0.2) is 29.5 Å². The van der Waals surface area contributed by atoms with Crippen LogP contribution in [0.4, 0.5) is 35.1 Å². The van der Waals surface area contributed by atoms with Crippen LogP contribution >= 0.6 is 0 Å². The Balaban J connectivity index is 1.46. The molecule has 11 heteroatoms. The van der Waals surface area contributed by atoms with Crippen LogP contribution in [0.15, 0.2) is 54.4 Å². The minimum absolute atomic E-state index is 0.0498. The van der Waals surface area contributed by atoms with Crippen LogP contribution in [0.1, 0.15) is 35.8 Å².